The zero-order valence-electron chi connectivity index (χ0n) is 14.4. The average Bonchev–Trinajstić information content (AvgIpc) is 3.19. The molecule has 0 unspecified atom stereocenters. The highest BCUT2D eigenvalue weighted by molar-refractivity contribution is 6.21. The van der Waals surface area contributed by atoms with Crippen LogP contribution in [0.1, 0.15) is 47.4 Å². The van der Waals surface area contributed by atoms with E-state index in [1.165, 1.54) is 0 Å². The van der Waals surface area contributed by atoms with Gasteiger partial charge >= 0.3 is 5.97 Å². The van der Waals surface area contributed by atoms with Crippen LogP contribution in [0, 0.1) is 0 Å². The minimum Gasteiger partial charge on any atom is -0.504 e. The first kappa shape index (κ1) is 17.3. The van der Waals surface area contributed by atoms with Crippen LogP contribution >= 0.6 is 0 Å². The molecule has 3 heterocycles. The maximum atomic E-state index is 11.6. The van der Waals surface area contributed by atoms with E-state index in [1.807, 2.05) is 6.07 Å². The number of furan rings is 1. The number of nitrogens with one attached hydrogen (secondary N) is 1. The molecule has 0 amide bonds. The zero-order valence-corrected chi connectivity index (χ0v) is 14.4. The molecule has 0 atom stereocenters. The quantitative estimate of drug-likeness (QED) is 0.652. The van der Waals surface area contributed by atoms with E-state index >= 15 is 0 Å². The summed E-state index contributed by atoms with van der Waals surface area (Å²) in [5, 5.41) is 32.6. The van der Waals surface area contributed by atoms with Gasteiger partial charge in [-0.15, -0.1) is 0 Å². The van der Waals surface area contributed by atoms with Gasteiger partial charge in [-0.25, -0.2) is 14.8 Å². The predicted molar refractivity (Wildman–Crippen MR) is 99.5 cm³/mol. The van der Waals surface area contributed by atoms with Gasteiger partial charge in [-0.2, -0.15) is 0 Å². The van der Waals surface area contributed by atoms with E-state index in [2.05, 4.69) is 15.3 Å². The zero-order chi connectivity index (χ0) is 19.0. The Morgan fingerprint density at radius 3 is 2.81 bits per heavy atom. The molecular formula is C19H19N3O5. The largest absolute Gasteiger partial charge is 0.504 e. The highest BCUT2D eigenvalue weighted by Gasteiger charge is 2.28. The molecule has 1 aliphatic heterocycles. The fourth-order valence-corrected chi connectivity index (χ4v) is 3.43. The predicted octanol–water partition coefficient (Wildman–Crippen LogP) is 3.05. The number of aromatic carboxylic acids is 1. The van der Waals surface area contributed by atoms with Crippen molar-refractivity contribution in [1.82, 2.24) is 4.98 Å². The van der Waals surface area contributed by atoms with Crippen LogP contribution in [0.15, 0.2) is 27.7 Å². The van der Waals surface area contributed by atoms with Gasteiger partial charge in [0.2, 0.25) is 5.88 Å². The fraction of sp³-hybridized carbons (Fsp3) is 0.316. The van der Waals surface area contributed by atoms with Gasteiger partial charge in [-0.3, -0.25) is 0 Å². The van der Waals surface area contributed by atoms with Crippen LogP contribution in [-0.4, -0.2) is 44.6 Å². The summed E-state index contributed by atoms with van der Waals surface area (Å²) in [4.78, 5) is 20.0. The number of anilines is 1. The van der Waals surface area contributed by atoms with Gasteiger partial charge < -0.3 is 25.1 Å². The van der Waals surface area contributed by atoms with Gasteiger partial charge in [0.25, 0.3) is 0 Å². The summed E-state index contributed by atoms with van der Waals surface area (Å²) < 4.78 is 5.65. The molecule has 1 fully saturated rings. The smallest absolute Gasteiger partial charge is 0.345 e. The topological polar surface area (TPSA) is 128 Å². The Balaban J connectivity index is 1.66. The molecule has 0 aromatic carbocycles. The number of aromatic nitrogens is 1. The summed E-state index contributed by atoms with van der Waals surface area (Å²) in [6.45, 7) is 0. The van der Waals surface area contributed by atoms with Crippen molar-refractivity contribution in [3.8, 4) is 5.75 Å². The number of carboxylic acid groups (broad SMARTS) is 1. The Morgan fingerprint density at radius 1 is 1.30 bits per heavy atom. The van der Waals surface area contributed by atoms with Gasteiger partial charge in [0.1, 0.15) is 0 Å². The molecule has 0 spiro atoms. The van der Waals surface area contributed by atoms with Crippen LogP contribution < -0.4 is 5.32 Å². The van der Waals surface area contributed by atoms with Crippen molar-refractivity contribution in [2.24, 2.45) is 4.99 Å². The molecule has 0 bridgehead atoms. The lowest BCUT2D eigenvalue weighted by Crippen LogP contribution is -2.28. The monoisotopic (exact) mass is 369 g/mol. The lowest BCUT2D eigenvalue weighted by Gasteiger charge is -2.26. The van der Waals surface area contributed by atoms with E-state index in [9.17, 15) is 20.1 Å². The van der Waals surface area contributed by atoms with Crippen molar-refractivity contribution < 1.29 is 24.5 Å². The number of nitrogens with zero attached hydrogens (tertiary/aromatic N) is 2. The van der Waals surface area contributed by atoms with E-state index < -0.39 is 11.7 Å². The van der Waals surface area contributed by atoms with Crippen molar-refractivity contribution in [3.05, 3.63) is 35.2 Å². The highest BCUT2D eigenvalue weighted by Crippen LogP contribution is 2.38. The third kappa shape index (κ3) is 3.31. The summed E-state index contributed by atoms with van der Waals surface area (Å²) in [7, 11) is 0. The van der Waals surface area contributed by atoms with Crippen molar-refractivity contribution in [2.45, 2.75) is 37.8 Å². The van der Waals surface area contributed by atoms with Gasteiger partial charge in [0.15, 0.2) is 22.9 Å². The first-order valence-electron chi connectivity index (χ1n) is 8.77. The van der Waals surface area contributed by atoms with Crippen LogP contribution in [-0.2, 0) is 0 Å². The molecule has 2 aliphatic rings. The number of allylic oxidation sites excluding steroid dienone is 1. The van der Waals surface area contributed by atoms with E-state index in [-0.39, 0.29) is 29.4 Å². The van der Waals surface area contributed by atoms with Crippen LogP contribution in [0.25, 0.3) is 11.6 Å². The summed E-state index contributed by atoms with van der Waals surface area (Å²) in [5.41, 5.74) is 1.15. The summed E-state index contributed by atoms with van der Waals surface area (Å²) in [6, 6.07) is 3.60. The third-order valence-corrected chi connectivity index (χ3v) is 4.87. The molecule has 1 saturated carbocycles. The number of aliphatic hydroxyl groups is 1. The maximum absolute atomic E-state index is 11.6. The first-order valence-corrected chi connectivity index (χ1v) is 8.77. The summed E-state index contributed by atoms with van der Waals surface area (Å²) in [5.74, 6) is -1.08. The lowest BCUT2D eigenvalue weighted by molar-refractivity contribution is 0.0694. The molecule has 8 heteroatoms. The number of carbonyl (C=O) groups is 1. The van der Waals surface area contributed by atoms with Crippen molar-refractivity contribution in [2.75, 3.05) is 5.32 Å². The van der Waals surface area contributed by atoms with E-state index in [1.54, 1.807) is 24.6 Å². The Morgan fingerprint density at radius 2 is 2.07 bits per heavy atom. The summed E-state index contributed by atoms with van der Waals surface area (Å²) >= 11 is 0. The van der Waals surface area contributed by atoms with Crippen molar-refractivity contribution in [3.63, 3.8) is 0 Å². The number of rotatable bonds is 4. The van der Waals surface area contributed by atoms with Crippen LogP contribution in [0.5, 0.6) is 5.75 Å². The van der Waals surface area contributed by atoms with Gasteiger partial charge in [-0.1, -0.05) is 0 Å². The highest BCUT2D eigenvalue weighted by atomic mass is 16.4. The number of aliphatic imine (C=N–C) groups is 1. The first-order chi connectivity index (χ1) is 13.0. The fourth-order valence-electron chi connectivity index (χ4n) is 3.43. The van der Waals surface area contributed by atoms with Gasteiger partial charge in [-0.05, 0) is 43.9 Å². The van der Waals surface area contributed by atoms with E-state index in [0.29, 0.717) is 37.1 Å². The Hall–Kier alpha value is -3.13. The van der Waals surface area contributed by atoms with Gasteiger partial charge in [0, 0.05) is 29.6 Å². The third-order valence-electron chi connectivity index (χ3n) is 4.87. The number of carboxylic acids is 1. The lowest BCUT2D eigenvalue weighted by atomic mass is 9.93. The number of aromatic hydroxyl groups is 1. The average molecular weight is 369 g/mol. The second kappa shape index (κ2) is 6.88. The minimum atomic E-state index is -1.28. The molecule has 4 N–H and O–H groups in total. The molecule has 1 aliphatic carbocycles. The molecular weight excluding hydrogens is 350 g/mol. The van der Waals surface area contributed by atoms with Crippen molar-refractivity contribution >= 4 is 35.5 Å². The second-order valence-corrected chi connectivity index (χ2v) is 6.71. The standard InChI is InChI=1S/C19H19N3O5/c23-12-5-3-11(4-6-12)22-18-15(19(25)26)16(24)14(27-18)8-10-9-21-17-13(10)2-1-7-20-17/h1-2,7-9,11-12,22-24H,3-6H2,(H,25,26). The Labute approximate surface area is 154 Å². The molecule has 0 radical (unpaired) electrons. The van der Waals surface area contributed by atoms with Crippen molar-refractivity contribution in [1.29, 1.82) is 0 Å². The number of hydrogen-bond acceptors (Lipinski definition) is 7. The normalized spacial score (nSPS) is 22.8. The molecule has 27 heavy (non-hydrogen) atoms. The summed E-state index contributed by atoms with van der Waals surface area (Å²) in [6.07, 6.45) is 7.14. The van der Waals surface area contributed by atoms with Crippen LogP contribution in [0.2, 0.25) is 0 Å². The number of aliphatic hydroxyl groups excluding tert-OH is 1. The van der Waals surface area contributed by atoms with E-state index in [0.717, 1.165) is 5.56 Å². The van der Waals surface area contributed by atoms with E-state index in [4.69, 9.17) is 4.42 Å². The molecule has 2 aromatic heterocycles. The van der Waals surface area contributed by atoms with Crippen LogP contribution in [0.3, 0.4) is 0 Å². The minimum absolute atomic E-state index is 0.0180. The number of hydrogen-bond donors (Lipinski definition) is 4. The molecule has 4 rings (SSSR count). The Bertz CT molecular complexity index is 939. The second-order valence-electron chi connectivity index (χ2n) is 6.71. The SMILES string of the molecule is O=C(O)c1c(NC2CCC(O)CC2)oc(C=C2C=Nc3ncccc32)c1O. The number of pyridine rings is 1. The van der Waals surface area contributed by atoms with Gasteiger partial charge in [0.05, 0.1) is 6.10 Å². The molecule has 0 saturated heterocycles. The number of fused-ring (bicyclic) bond motifs is 1. The molecule has 2 aromatic rings. The Kier molecular flexibility index (Phi) is 4.41. The van der Waals surface area contributed by atoms with Crippen LogP contribution in [0.4, 0.5) is 11.7 Å². The molecule has 8 nitrogen and oxygen atoms in total. The molecule has 140 valence electrons. The maximum Gasteiger partial charge on any atom is 0.345 e.